The Morgan fingerprint density at radius 1 is 1.25 bits per heavy atom. The van der Waals surface area contributed by atoms with E-state index >= 15 is 0 Å². The molecule has 1 amide bonds. The monoisotopic (exact) mass is 288 g/mol. The smallest absolute Gasteiger partial charge is 0.224 e. The van der Waals surface area contributed by atoms with E-state index in [-0.39, 0.29) is 0 Å². The Morgan fingerprint density at radius 2 is 1.88 bits per heavy atom. The summed E-state index contributed by atoms with van der Waals surface area (Å²) < 4.78 is 0. The van der Waals surface area contributed by atoms with Crippen LogP contribution < -0.4 is 0 Å². The zero-order chi connectivity index (χ0) is 11.7. The Balaban J connectivity index is 1.87. The summed E-state index contributed by atoms with van der Waals surface area (Å²) in [6, 6.07) is 1.22. The van der Waals surface area contributed by atoms with E-state index in [1.165, 1.54) is 25.7 Å². The molecule has 16 heavy (non-hydrogen) atoms. The van der Waals surface area contributed by atoms with E-state index in [1.807, 2.05) is 0 Å². The highest BCUT2D eigenvalue weighted by atomic mass is 79.9. The number of nitrogens with zero attached hydrogens (tertiary/aromatic N) is 2. The number of halogens is 1. The second-order valence-corrected chi connectivity index (χ2v) is 6.57. The van der Waals surface area contributed by atoms with Crippen molar-refractivity contribution in [3.63, 3.8) is 0 Å². The summed E-state index contributed by atoms with van der Waals surface area (Å²) in [6.07, 6.45) is 5.50. The second-order valence-electron chi connectivity index (χ2n) is 5.27. The van der Waals surface area contributed by atoms with Crippen LogP contribution in [0.25, 0.3) is 0 Å². The first-order valence-corrected chi connectivity index (χ1v) is 7.09. The molecule has 2 fully saturated rings. The van der Waals surface area contributed by atoms with E-state index in [0.29, 0.717) is 29.2 Å². The van der Waals surface area contributed by atoms with E-state index in [9.17, 15) is 4.79 Å². The summed E-state index contributed by atoms with van der Waals surface area (Å²) in [5.74, 6) is 0.343. The molecule has 0 spiro atoms. The largest absolute Gasteiger partial charge is 0.339 e. The quantitative estimate of drug-likeness (QED) is 0.724. The Morgan fingerprint density at radius 3 is 2.31 bits per heavy atom. The molecule has 0 aromatic rings. The average Bonchev–Trinajstić information content (AvgIpc) is 2.58. The first-order valence-electron chi connectivity index (χ1n) is 6.18. The van der Waals surface area contributed by atoms with Crippen molar-refractivity contribution in [1.29, 1.82) is 0 Å². The highest BCUT2D eigenvalue weighted by Crippen LogP contribution is 2.29. The predicted octanol–water partition coefficient (Wildman–Crippen LogP) is 1.85. The van der Waals surface area contributed by atoms with Crippen LogP contribution in [0.5, 0.6) is 0 Å². The summed E-state index contributed by atoms with van der Waals surface area (Å²) >= 11 is 3.55. The van der Waals surface area contributed by atoms with Gasteiger partial charge in [0.2, 0.25) is 5.91 Å². The maximum Gasteiger partial charge on any atom is 0.224 e. The maximum absolute atomic E-state index is 11.8. The predicted molar refractivity (Wildman–Crippen MR) is 68.8 cm³/mol. The fourth-order valence-electron chi connectivity index (χ4n) is 2.93. The molecule has 92 valence electrons. The minimum atomic E-state index is 0.343. The number of hydrogen-bond acceptors (Lipinski definition) is 2. The Kier molecular flexibility index (Phi) is 3.90. The molecule has 1 heterocycles. The van der Waals surface area contributed by atoms with Gasteiger partial charge in [-0.2, -0.15) is 0 Å². The minimum Gasteiger partial charge on any atom is -0.339 e. The molecule has 0 N–H and O–H groups in total. The molecule has 0 bridgehead atoms. The van der Waals surface area contributed by atoms with Gasteiger partial charge in [0.1, 0.15) is 0 Å². The van der Waals surface area contributed by atoms with Crippen LogP contribution in [0.4, 0.5) is 0 Å². The van der Waals surface area contributed by atoms with Gasteiger partial charge < -0.3 is 9.80 Å². The number of carbonyl (C=O) groups excluding carboxylic acids is 1. The molecule has 0 aromatic carbocycles. The SMILES string of the molecule is CN(C)C1CCC(N2CC(Br)CC2=O)CC1. The first kappa shape index (κ1) is 12.4. The second kappa shape index (κ2) is 5.05. The summed E-state index contributed by atoms with van der Waals surface area (Å²) in [7, 11) is 4.31. The Bertz CT molecular complexity index is 262. The van der Waals surface area contributed by atoms with Crippen molar-refractivity contribution < 1.29 is 4.79 Å². The van der Waals surface area contributed by atoms with Crippen LogP contribution in [0.15, 0.2) is 0 Å². The lowest BCUT2D eigenvalue weighted by molar-refractivity contribution is -0.130. The van der Waals surface area contributed by atoms with Crippen molar-refractivity contribution in [1.82, 2.24) is 9.80 Å². The number of rotatable bonds is 2. The Labute approximate surface area is 106 Å². The normalized spacial score (nSPS) is 36.1. The van der Waals surface area contributed by atoms with Gasteiger partial charge in [-0.3, -0.25) is 4.79 Å². The first-order chi connectivity index (χ1) is 7.58. The number of alkyl halides is 1. The van der Waals surface area contributed by atoms with Crippen LogP contribution in [0.3, 0.4) is 0 Å². The highest BCUT2D eigenvalue weighted by Gasteiger charge is 2.35. The van der Waals surface area contributed by atoms with Gasteiger partial charge in [-0.1, -0.05) is 15.9 Å². The fourth-order valence-corrected chi connectivity index (χ4v) is 3.51. The van der Waals surface area contributed by atoms with Crippen LogP contribution in [0, 0.1) is 0 Å². The molecular weight excluding hydrogens is 268 g/mol. The van der Waals surface area contributed by atoms with E-state index in [4.69, 9.17) is 0 Å². The number of amides is 1. The van der Waals surface area contributed by atoms with Crippen LogP contribution in [-0.4, -0.2) is 53.3 Å². The van der Waals surface area contributed by atoms with Gasteiger partial charge in [0.05, 0.1) is 0 Å². The van der Waals surface area contributed by atoms with Crippen molar-refractivity contribution in [3.05, 3.63) is 0 Å². The van der Waals surface area contributed by atoms with Crippen LogP contribution in [0.2, 0.25) is 0 Å². The van der Waals surface area contributed by atoms with Crippen molar-refractivity contribution in [2.45, 2.75) is 49.0 Å². The van der Waals surface area contributed by atoms with Crippen LogP contribution in [-0.2, 0) is 4.79 Å². The summed E-state index contributed by atoms with van der Waals surface area (Å²) in [4.78, 5) is 16.6. The van der Waals surface area contributed by atoms with E-state index in [0.717, 1.165) is 6.54 Å². The lowest BCUT2D eigenvalue weighted by Crippen LogP contribution is -2.42. The molecule has 3 nitrogen and oxygen atoms in total. The Hall–Kier alpha value is -0.0900. The standard InChI is InChI=1S/C12H21BrN2O/c1-14(2)10-3-5-11(6-4-10)15-8-9(13)7-12(15)16/h9-11H,3-8H2,1-2H3. The van der Waals surface area contributed by atoms with Gasteiger partial charge in [0.15, 0.2) is 0 Å². The van der Waals surface area contributed by atoms with Gasteiger partial charge >= 0.3 is 0 Å². The van der Waals surface area contributed by atoms with Crippen molar-refractivity contribution in [2.75, 3.05) is 20.6 Å². The molecular formula is C12H21BrN2O. The van der Waals surface area contributed by atoms with Crippen molar-refractivity contribution in [3.8, 4) is 0 Å². The summed E-state index contributed by atoms with van der Waals surface area (Å²) in [5, 5.41) is 0. The van der Waals surface area contributed by atoms with Crippen molar-refractivity contribution >= 4 is 21.8 Å². The average molecular weight is 289 g/mol. The molecule has 1 unspecified atom stereocenters. The van der Waals surface area contributed by atoms with Gasteiger partial charge in [-0.05, 0) is 39.8 Å². The van der Waals surface area contributed by atoms with E-state index < -0.39 is 0 Å². The molecule has 1 aliphatic heterocycles. The molecule has 2 rings (SSSR count). The number of hydrogen-bond donors (Lipinski definition) is 0. The molecule has 1 aliphatic carbocycles. The maximum atomic E-state index is 11.8. The van der Waals surface area contributed by atoms with Gasteiger partial charge in [-0.25, -0.2) is 0 Å². The lowest BCUT2D eigenvalue weighted by atomic mass is 9.90. The summed E-state index contributed by atoms with van der Waals surface area (Å²) in [6.45, 7) is 0.913. The molecule has 0 radical (unpaired) electrons. The van der Waals surface area contributed by atoms with Crippen molar-refractivity contribution in [2.24, 2.45) is 0 Å². The third-order valence-electron chi connectivity index (χ3n) is 3.95. The van der Waals surface area contributed by atoms with Gasteiger partial charge in [0.25, 0.3) is 0 Å². The topological polar surface area (TPSA) is 23.6 Å². The highest BCUT2D eigenvalue weighted by molar-refractivity contribution is 9.09. The molecule has 1 atom stereocenters. The minimum absolute atomic E-state index is 0.343. The molecule has 4 heteroatoms. The fraction of sp³-hybridized carbons (Fsp3) is 0.917. The summed E-state index contributed by atoms with van der Waals surface area (Å²) in [5.41, 5.74) is 0. The third-order valence-corrected chi connectivity index (χ3v) is 4.56. The number of likely N-dealkylation sites (tertiary alicyclic amines) is 1. The zero-order valence-electron chi connectivity index (χ0n) is 10.2. The molecule has 1 saturated carbocycles. The zero-order valence-corrected chi connectivity index (χ0v) is 11.7. The van der Waals surface area contributed by atoms with E-state index in [2.05, 4.69) is 39.8 Å². The molecule has 2 aliphatic rings. The lowest BCUT2D eigenvalue weighted by Gasteiger charge is -2.37. The van der Waals surface area contributed by atoms with Crippen LogP contribution in [0.1, 0.15) is 32.1 Å². The van der Waals surface area contributed by atoms with Gasteiger partial charge in [-0.15, -0.1) is 0 Å². The van der Waals surface area contributed by atoms with E-state index in [1.54, 1.807) is 0 Å². The third kappa shape index (κ3) is 2.59. The van der Waals surface area contributed by atoms with Crippen LogP contribution >= 0.6 is 15.9 Å². The van der Waals surface area contributed by atoms with Gasteiger partial charge in [0, 0.05) is 29.9 Å². The molecule has 0 aromatic heterocycles. The number of carbonyl (C=O) groups is 1. The molecule has 1 saturated heterocycles.